The average Bonchev–Trinajstić information content (AvgIpc) is 3.41. The van der Waals surface area contributed by atoms with Crippen LogP contribution in [-0.4, -0.2) is 38.2 Å². The van der Waals surface area contributed by atoms with E-state index in [9.17, 15) is 9.18 Å². The van der Waals surface area contributed by atoms with E-state index in [0.29, 0.717) is 40.2 Å². The number of aromatic nitrogens is 5. The summed E-state index contributed by atoms with van der Waals surface area (Å²) >= 11 is 0. The quantitative estimate of drug-likeness (QED) is 0.487. The number of halogens is 1. The third-order valence-electron chi connectivity index (χ3n) is 4.58. The Kier molecular flexibility index (Phi) is 5.69. The van der Waals surface area contributed by atoms with Gasteiger partial charge < -0.3 is 14.5 Å². The minimum atomic E-state index is -0.393. The van der Waals surface area contributed by atoms with Crippen LogP contribution < -0.4 is 10.1 Å². The second kappa shape index (κ2) is 8.74. The maximum atomic E-state index is 13.9. The molecule has 0 fully saturated rings. The number of nitrogens with one attached hydrogen (secondary N) is 1. The number of oxazole rings is 1. The van der Waals surface area contributed by atoms with Crippen molar-refractivity contribution in [2.75, 3.05) is 12.4 Å². The lowest BCUT2D eigenvalue weighted by Crippen LogP contribution is -2.13. The standard InChI is InChI=1S/C21H19FN6O3/c1-13-25-26-27-28(13)17-11-14(7-8-18(17)30-2)24-20(29)9-10-21-23-12-19(31-21)15-5-3-4-6-16(15)22/h3-8,11-12H,9-10H2,1-2H3,(H,24,29). The van der Waals surface area contributed by atoms with E-state index in [1.807, 2.05) is 0 Å². The average molecular weight is 422 g/mol. The Balaban J connectivity index is 1.42. The van der Waals surface area contributed by atoms with Gasteiger partial charge in [0.1, 0.15) is 17.3 Å². The first kappa shape index (κ1) is 20.2. The molecule has 0 aliphatic rings. The van der Waals surface area contributed by atoms with Crippen molar-refractivity contribution in [2.45, 2.75) is 19.8 Å². The van der Waals surface area contributed by atoms with E-state index >= 15 is 0 Å². The number of aryl methyl sites for hydroxylation is 2. The van der Waals surface area contributed by atoms with Gasteiger partial charge in [0, 0.05) is 18.5 Å². The molecule has 0 atom stereocenters. The second-order valence-electron chi connectivity index (χ2n) is 6.67. The number of rotatable bonds is 7. The molecule has 2 aromatic carbocycles. The highest BCUT2D eigenvalue weighted by molar-refractivity contribution is 5.91. The molecule has 0 unspecified atom stereocenters. The van der Waals surface area contributed by atoms with Crippen LogP contribution in [0.1, 0.15) is 18.1 Å². The van der Waals surface area contributed by atoms with E-state index in [0.717, 1.165) is 0 Å². The minimum Gasteiger partial charge on any atom is -0.494 e. The Labute approximate surface area is 176 Å². The molecular formula is C21H19FN6O3. The highest BCUT2D eigenvalue weighted by atomic mass is 19.1. The molecule has 0 saturated heterocycles. The molecule has 4 rings (SSSR count). The van der Waals surface area contributed by atoms with Crippen molar-refractivity contribution in [3.63, 3.8) is 0 Å². The molecule has 2 aromatic heterocycles. The lowest BCUT2D eigenvalue weighted by molar-refractivity contribution is -0.116. The summed E-state index contributed by atoms with van der Waals surface area (Å²) in [6, 6.07) is 11.5. The summed E-state index contributed by atoms with van der Waals surface area (Å²) in [5.41, 5.74) is 1.49. The molecule has 0 saturated carbocycles. The maximum absolute atomic E-state index is 13.9. The van der Waals surface area contributed by atoms with Crippen LogP contribution in [0.4, 0.5) is 10.1 Å². The summed E-state index contributed by atoms with van der Waals surface area (Å²) in [4.78, 5) is 16.6. The number of nitrogens with zero attached hydrogens (tertiary/aromatic N) is 5. The molecule has 158 valence electrons. The highest BCUT2D eigenvalue weighted by Crippen LogP contribution is 2.27. The fraction of sp³-hybridized carbons (Fsp3) is 0.190. The summed E-state index contributed by atoms with van der Waals surface area (Å²) < 4.78 is 26.3. The zero-order valence-corrected chi connectivity index (χ0v) is 16.9. The third kappa shape index (κ3) is 4.42. The van der Waals surface area contributed by atoms with Crippen molar-refractivity contribution in [1.82, 2.24) is 25.2 Å². The molecular weight excluding hydrogens is 403 g/mol. The zero-order valence-electron chi connectivity index (χ0n) is 16.9. The lowest BCUT2D eigenvalue weighted by atomic mass is 10.2. The SMILES string of the molecule is COc1ccc(NC(=O)CCc2ncc(-c3ccccc3F)o2)cc1-n1nnnc1C. The van der Waals surface area contributed by atoms with Gasteiger partial charge in [-0.2, -0.15) is 4.68 Å². The molecule has 0 radical (unpaired) electrons. The number of hydrogen-bond donors (Lipinski definition) is 1. The van der Waals surface area contributed by atoms with Gasteiger partial charge in [0.15, 0.2) is 17.5 Å². The lowest BCUT2D eigenvalue weighted by Gasteiger charge is -2.11. The Bertz CT molecular complexity index is 1220. The summed E-state index contributed by atoms with van der Waals surface area (Å²) in [6.45, 7) is 1.76. The first-order chi connectivity index (χ1) is 15.0. The molecule has 10 heteroatoms. The van der Waals surface area contributed by atoms with Crippen molar-refractivity contribution in [2.24, 2.45) is 0 Å². The fourth-order valence-corrected chi connectivity index (χ4v) is 3.04. The van der Waals surface area contributed by atoms with E-state index in [-0.39, 0.29) is 18.7 Å². The van der Waals surface area contributed by atoms with E-state index in [2.05, 4.69) is 25.8 Å². The molecule has 1 amide bonds. The monoisotopic (exact) mass is 422 g/mol. The van der Waals surface area contributed by atoms with Gasteiger partial charge in [0.25, 0.3) is 0 Å². The van der Waals surface area contributed by atoms with Gasteiger partial charge >= 0.3 is 0 Å². The van der Waals surface area contributed by atoms with Gasteiger partial charge in [0.05, 0.1) is 18.9 Å². The number of anilines is 1. The van der Waals surface area contributed by atoms with Crippen molar-refractivity contribution < 1.29 is 18.3 Å². The summed E-state index contributed by atoms with van der Waals surface area (Å²) in [5.74, 6) is 1.20. The van der Waals surface area contributed by atoms with Crippen molar-refractivity contribution >= 4 is 11.6 Å². The predicted molar refractivity (Wildman–Crippen MR) is 109 cm³/mol. The summed E-state index contributed by atoms with van der Waals surface area (Å²) in [6.07, 6.45) is 1.87. The zero-order chi connectivity index (χ0) is 21.8. The van der Waals surface area contributed by atoms with Crippen LogP contribution in [0.2, 0.25) is 0 Å². The Morgan fingerprint density at radius 3 is 2.84 bits per heavy atom. The first-order valence-corrected chi connectivity index (χ1v) is 9.48. The van der Waals surface area contributed by atoms with Crippen LogP contribution in [0.15, 0.2) is 53.1 Å². The number of tetrazole rings is 1. The fourth-order valence-electron chi connectivity index (χ4n) is 3.04. The van der Waals surface area contributed by atoms with Gasteiger partial charge in [-0.3, -0.25) is 4.79 Å². The number of methoxy groups -OCH3 is 1. The van der Waals surface area contributed by atoms with Crippen molar-refractivity contribution in [1.29, 1.82) is 0 Å². The molecule has 9 nitrogen and oxygen atoms in total. The summed E-state index contributed by atoms with van der Waals surface area (Å²) in [7, 11) is 1.54. The van der Waals surface area contributed by atoms with Crippen molar-refractivity contribution in [3.8, 4) is 22.8 Å². The summed E-state index contributed by atoms with van der Waals surface area (Å²) in [5, 5.41) is 14.3. The molecule has 0 spiro atoms. The van der Waals surface area contributed by atoms with Crippen LogP contribution in [-0.2, 0) is 11.2 Å². The number of benzene rings is 2. The number of ether oxygens (including phenoxy) is 1. The molecule has 0 bridgehead atoms. The first-order valence-electron chi connectivity index (χ1n) is 9.48. The molecule has 4 aromatic rings. The van der Waals surface area contributed by atoms with Gasteiger partial charge in [-0.05, 0) is 47.7 Å². The smallest absolute Gasteiger partial charge is 0.224 e. The van der Waals surface area contributed by atoms with Crippen LogP contribution in [0.25, 0.3) is 17.0 Å². The number of hydrogen-bond acceptors (Lipinski definition) is 7. The molecule has 0 aliphatic carbocycles. The number of amides is 1. The molecule has 2 heterocycles. The Morgan fingerprint density at radius 2 is 2.10 bits per heavy atom. The second-order valence-corrected chi connectivity index (χ2v) is 6.67. The van der Waals surface area contributed by atoms with E-state index in [4.69, 9.17) is 9.15 Å². The van der Waals surface area contributed by atoms with Crippen LogP contribution in [0.5, 0.6) is 5.75 Å². The normalized spacial score (nSPS) is 10.8. The highest BCUT2D eigenvalue weighted by Gasteiger charge is 2.14. The largest absolute Gasteiger partial charge is 0.494 e. The predicted octanol–water partition coefficient (Wildman–Crippen LogP) is 3.34. The van der Waals surface area contributed by atoms with Gasteiger partial charge in [-0.25, -0.2) is 9.37 Å². The Morgan fingerprint density at radius 1 is 1.26 bits per heavy atom. The molecule has 1 N–H and O–H groups in total. The van der Waals surface area contributed by atoms with Crippen molar-refractivity contribution in [3.05, 3.63) is 66.2 Å². The van der Waals surface area contributed by atoms with Crippen LogP contribution in [0.3, 0.4) is 0 Å². The van der Waals surface area contributed by atoms with Crippen LogP contribution in [0, 0.1) is 12.7 Å². The number of carbonyl (C=O) groups is 1. The molecule has 31 heavy (non-hydrogen) atoms. The minimum absolute atomic E-state index is 0.141. The van der Waals surface area contributed by atoms with E-state index in [1.54, 1.807) is 50.4 Å². The topological polar surface area (TPSA) is 108 Å². The van der Waals surface area contributed by atoms with Crippen LogP contribution >= 0.6 is 0 Å². The maximum Gasteiger partial charge on any atom is 0.224 e. The molecule has 0 aliphatic heterocycles. The van der Waals surface area contributed by atoms with Gasteiger partial charge in [0.2, 0.25) is 5.91 Å². The number of carbonyl (C=O) groups excluding carboxylic acids is 1. The van der Waals surface area contributed by atoms with E-state index in [1.165, 1.54) is 16.9 Å². The third-order valence-corrected chi connectivity index (χ3v) is 4.58. The van der Waals surface area contributed by atoms with Gasteiger partial charge in [-0.15, -0.1) is 5.10 Å². The van der Waals surface area contributed by atoms with Gasteiger partial charge in [-0.1, -0.05) is 12.1 Å². The van der Waals surface area contributed by atoms with E-state index < -0.39 is 5.82 Å². The Hall–Kier alpha value is -4.08.